The molecule has 2 aromatic heterocycles. The fourth-order valence-corrected chi connectivity index (χ4v) is 4.55. The van der Waals surface area contributed by atoms with Crippen LogP contribution in [0, 0.1) is 0 Å². The van der Waals surface area contributed by atoms with Gasteiger partial charge in [0.1, 0.15) is 18.9 Å². The number of nitrogen functional groups attached to an aromatic ring is 1. The summed E-state index contributed by atoms with van der Waals surface area (Å²) in [6.45, 7) is 5.22. The SMILES string of the molecule is CC(C)OC(=O)[C@H](C)N[P+](=O)OC[C@@H]1CC[C@H](n2cnc3c(N(C)C4CC4)nc(N)nc32)O1. The lowest BCUT2D eigenvalue weighted by molar-refractivity contribution is -0.149. The fraction of sp³-hybridized carbons (Fsp3) is 0.700. The largest absolute Gasteiger partial charge is 0.613 e. The summed E-state index contributed by atoms with van der Waals surface area (Å²) in [5.41, 5.74) is 7.30. The molecule has 1 aliphatic heterocycles. The summed E-state index contributed by atoms with van der Waals surface area (Å²) < 4.78 is 30.6. The number of carbonyl (C=O) groups is 1. The molecule has 0 bridgehead atoms. The third-order valence-electron chi connectivity index (χ3n) is 5.63. The first-order valence-electron chi connectivity index (χ1n) is 11.2. The molecule has 0 radical (unpaired) electrons. The van der Waals surface area contributed by atoms with E-state index in [4.69, 9.17) is 19.7 Å². The van der Waals surface area contributed by atoms with E-state index in [1.54, 1.807) is 27.1 Å². The Hall–Kier alpha value is -2.40. The third kappa shape index (κ3) is 5.57. The van der Waals surface area contributed by atoms with Crippen molar-refractivity contribution in [3.05, 3.63) is 6.33 Å². The zero-order valence-electron chi connectivity index (χ0n) is 19.3. The number of nitrogens with two attached hydrogens (primary N) is 1. The van der Waals surface area contributed by atoms with Crippen molar-refractivity contribution in [1.29, 1.82) is 0 Å². The summed E-state index contributed by atoms with van der Waals surface area (Å²) in [6.07, 6.45) is 4.61. The first-order chi connectivity index (χ1) is 15.7. The van der Waals surface area contributed by atoms with Crippen LogP contribution >= 0.6 is 8.18 Å². The topological polar surface area (TPSA) is 147 Å². The van der Waals surface area contributed by atoms with E-state index >= 15 is 0 Å². The van der Waals surface area contributed by atoms with Crippen LogP contribution in [0.2, 0.25) is 0 Å². The van der Waals surface area contributed by atoms with Gasteiger partial charge in [0.15, 0.2) is 17.0 Å². The van der Waals surface area contributed by atoms with Crippen molar-refractivity contribution in [1.82, 2.24) is 24.6 Å². The molecular formula is C20H31N7O5P+. The van der Waals surface area contributed by atoms with Gasteiger partial charge in [-0.3, -0.25) is 9.36 Å². The van der Waals surface area contributed by atoms with Crippen LogP contribution in [0.25, 0.3) is 11.2 Å². The Balaban J connectivity index is 1.34. The van der Waals surface area contributed by atoms with Crippen LogP contribution in [0.3, 0.4) is 0 Å². The minimum atomic E-state index is -2.24. The van der Waals surface area contributed by atoms with Gasteiger partial charge in [-0.25, -0.2) is 4.98 Å². The third-order valence-corrected chi connectivity index (χ3v) is 6.61. The number of hydrogen-bond acceptors (Lipinski definition) is 10. The second kappa shape index (κ2) is 9.84. The predicted molar refractivity (Wildman–Crippen MR) is 122 cm³/mol. The zero-order chi connectivity index (χ0) is 23.7. The molecule has 1 saturated heterocycles. The molecule has 2 aromatic rings. The highest BCUT2D eigenvalue weighted by molar-refractivity contribution is 7.36. The number of anilines is 2. The molecular weight excluding hydrogens is 449 g/mol. The molecule has 12 nitrogen and oxygen atoms in total. The molecule has 2 aliphatic rings. The standard InChI is InChI=1S/C20H31N7O5P/c1-11(2)31-19(28)12(3)25-33(29)30-9-14-7-8-15(32-14)27-10-22-16-17(26(4)13-5-6-13)23-20(21)24-18(16)27/h10-15H,5-9H2,1-4H3,(H,25,29)(H2,21,23,24)/q+1/t12-,14-,15+/m0/s1. The van der Waals surface area contributed by atoms with E-state index < -0.39 is 20.2 Å². The average Bonchev–Trinajstić information content (AvgIpc) is 3.36. The number of nitrogens with zero attached hydrogens (tertiary/aromatic N) is 5. The molecule has 3 N–H and O–H groups in total. The first kappa shape index (κ1) is 23.7. The molecule has 2 fully saturated rings. The summed E-state index contributed by atoms with van der Waals surface area (Å²) in [4.78, 5) is 27.3. The van der Waals surface area contributed by atoms with E-state index in [0.29, 0.717) is 23.6 Å². The Morgan fingerprint density at radius 2 is 2.09 bits per heavy atom. The number of ether oxygens (including phenoxy) is 2. The Kier molecular flexibility index (Phi) is 7.08. The van der Waals surface area contributed by atoms with E-state index in [1.165, 1.54) is 0 Å². The highest BCUT2D eigenvalue weighted by Gasteiger charge is 2.34. The second-order valence-electron chi connectivity index (χ2n) is 8.75. The number of esters is 1. The average molecular weight is 480 g/mol. The molecule has 0 amide bonds. The lowest BCUT2D eigenvalue weighted by Crippen LogP contribution is -2.33. The summed E-state index contributed by atoms with van der Waals surface area (Å²) in [7, 11) is -0.244. The van der Waals surface area contributed by atoms with E-state index in [0.717, 1.165) is 25.1 Å². The van der Waals surface area contributed by atoms with Gasteiger partial charge in [-0.1, -0.05) is 5.09 Å². The first-order valence-corrected chi connectivity index (χ1v) is 12.4. The quantitative estimate of drug-likeness (QED) is 0.381. The van der Waals surface area contributed by atoms with E-state index in [1.807, 2.05) is 11.6 Å². The highest BCUT2D eigenvalue weighted by atomic mass is 31.1. The maximum atomic E-state index is 12.2. The van der Waals surface area contributed by atoms with Gasteiger partial charge < -0.3 is 20.1 Å². The van der Waals surface area contributed by atoms with E-state index in [9.17, 15) is 9.36 Å². The van der Waals surface area contributed by atoms with Crippen LogP contribution in [0.15, 0.2) is 6.33 Å². The summed E-state index contributed by atoms with van der Waals surface area (Å²) in [5, 5.41) is 2.62. The predicted octanol–water partition coefficient (Wildman–Crippen LogP) is 2.29. The van der Waals surface area contributed by atoms with Gasteiger partial charge in [0.05, 0.1) is 18.5 Å². The maximum Gasteiger partial charge on any atom is 0.613 e. The number of imidazole rings is 1. The lowest BCUT2D eigenvalue weighted by Gasteiger charge is -2.18. The lowest BCUT2D eigenvalue weighted by atomic mass is 10.2. The van der Waals surface area contributed by atoms with E-state index in [-0.39, 0.29) is 31.0 Å². The van der Waals surface area contributed by atoms with Gasteiger partial charge in [-0.05, 0) is 51.0 Å². The van der Waals surface area contributed by atoms with E-state index in [2.05, 4.69) is 24.9 Å². The number of aromatic nitrogens is 4. The van der Waals surface area contributed by atoms with Crippen molar-refractivity contribution in [2.24, 2.45) is 0 Å². The highest BCUT2D eigenvalue weighted by Crippen LogP contribution is 2.36. The minimum absolute atomic E-state index is 0.129. The molecule has 33 heavy (non-hydrogen) atoms. The van der Waals surface area contributed by atoms with Gasteiger partial charge in [0.25, 0.3) is 0 Å². The molecule has 1 unspecified atom stereocenters. The Morgan fingerprint density at radius 3 is 2.79 bits per heavy atom. The molecule has 1 saturated carbocycles. The summed E-state index contributed by atoms with van der Waals surface area (Å²) in [5.74, 6) is 0.441. The molecule has 1 aliphatic carbocycles. The Morgan fingerprint density at radius 1 is 1.33 bits per heavy atom. The van der Waals surface area contributed by atoms with Gasteiger partial charge in [-0.2, -0.15) is 9.97 Å². The van der Waals surface area contributed by atoms with Gasteiger partial charge >= 0.3 is 14.1 Å². The summed E-state index contributed by atoms with van der Waals surface area (Å²) in [6, 6.07) is -0.277. The number of nitrogens with one attached hydrogen (secondary N) is 1. The molecule has 180 valence electrons. The van der Waals surface area contributed by atoms with Crippen LogP contribution in [-0.2, 0) is 23.4 Å². The van der Waals surface area contributed by atoms with Crippen molar-refractivity contribution in [2.75, 3.05) is 24.3 Å². The Bertz CT molecular complexity index is 1030. The van der Waals surface area contributed by atoms with Crippen molar-refractivity contribution in [2.45, 2.75) is 77.0 Å². The number of hydrogen-bond donors (Lipinski definition) is 2. The van der Waals surface area contributed by atoms with Gasteiger partial charge in [0.2, 0.25) is 5.95 Å². The molecule has 0 aromatic carbocycles. The van der Waals surface area contributed by atoms with Gasteiger partial charge in [-0.15, -0.1) is 4.52 Å². The van der Waals surface area contributed by atoms with Crippen LogP contribution in [-0.4, -0.2) is 63.4 Å². The van der Waals surface area contributed by atoms with Gasteiger partial charge in [0, 0.05) is 13.1 Å². The normalized spacial score (nSPS) is 22.0. The molecule has 3 heterocycles. The van der Waals surface area contributed by atoms with Crippen molar-refractivity contribution < 1.29 is 23.4 Å². The number of fused-ring (bicyclic) bond motifs is 1. The van der Waals surface area contributed by atoms with Crippen LogP contribution in [0.1, 0.15) is 52.7 Å². The second-order valence-corrected chi connectivity index (χ2v) is 9.78. The molecule has 4 rings (SSSR count). The number of carbonyl (C=O) groups excluding carboxylic acids is 1. The van der Waals surface area contributed by atoms with Crippen molar-refractivity contribution in [3.8, 4) is 0 Å². The smallest absolute Gasteiger partial charge is 0.462 e. The van der Waals surface area contributed by atoms with Crippen molar-refractivity contribution in [3.63, 3.8) is 0 Å². The van der Waals surface area contributed by atoms with Crippen LogP contribution in [0.4, 0.5) is 11.8 Å². The van der Waals surface area contributed by atoms with Crippen LogP contribution < -0.4 is 15.7 Å². The Labute approximate surface area is 193 Å². The fourth-order valence-electron chi connectivity index (χ4n) is 3.76. The van der Waals surface area contributed by atoms with Crippen LogP contribution in [0.5, 0.6) is 0 Å². The monoisotopic (exact) mass is 480 g/mol. The number of rotatable bonds is 10. The molecule has 4 atom stereocenters. The molecule has 0 spiro atoms. The zero-order valence-corrected chi connectivity index (χ0v) is 20.2. The molecule has 13 heteroatoms. The maximum absolute atomic E-state index is 12.2. The summed E-state index contributed by atoms with van der Waals surface area (Å²) >= 11 is 0. The van der Waals surface area contributed by atoms with Crippen molar-refractivity contribution >= 4 is 37.1 Å². The minimum Gasteiger partial charge on any atom is -0.462 e.